The number of primary amides is 1. The van der Waals surface area contributed by atoms with Gasteiger partial charge < -0.3 is 20.5 Å². The molecular weight excluding hydrogens is 240 g/mol. The Hall–Kier alpha value is -1.63. The molecule has 7 nitrogen and oxygen atoms in total. The topological polar surface area (TPSA) is 110 Å². The van der Waals surface area contributed by atoms with E-state index in [1.807, 2.05) is 0 Å². The summed E-state index contributed by atoms with van der Waals surface area (Å²) in [5, 5.41) is 8.47. The predicted octanol–water partition coefficient (Wildman–Crippen LogP) is -0.656. The Kier molecular flexibility index (Phi) is 5.57. The summed E-state index contributed by atoms with van der Waals surface area (Å²) >= 11 is 0. The standard InChI is InChI=1S/C11H18N2O5/c12-11(17)8-7-18-6-5-13(8)9(14)3-1-2-4-10(15)16/h8H,1-7H2,(H2,12,17)(H,15,16). The molecule has 1 atom stereocenters. The minimum atomic E-state index is -0.871. The van der Waals surface area contributed by atoms with Crippen molar-refractivity contribution >= 4 is 17.8 Å². The highest BCUT2D eigenvalue weighted by molar-refractivity contribution is 5.87. The largest absolute Gasteiger partial charge is 0.481 e. The minimum Gasteiger partial charge on any atom is -0.481 e. The van der Waals surface area contributed by atoms with Crippen molar-refractivity contribution in [1.29, 1.82) is 0 Å². The van der Waals surface area contributed by atoms with Crippen molar-refractivity contribution in [2.45, 2.75) is 31.7 Å². The Morgan fingerprint density at radius 2 is 1.94 bits per heavy atom. The molecule has 1 fully saturated rings. The van der Waals surface area contributed by atoms with Gasteiger partial charge in [-0.25, -0.2) is 0 Å². The number of carboxylic acid groups (broad SMARTS) is 1. The van der Waals surface area contributed by atoms with E-state index in [4.69, 9.17) is 15.6 Å². The number of rotatable bonds is 6. The number of aliphatic carboxylic acids is 1. The van der Waals surface area contributed by atoms with Gasteiger partial charge in [-0.3, -0.25) is 14.4 Å². The smallest absolute Gasteiger partial charge is 0.303 e. The summed E-state index contributed by atoms with van der Waals surface area (Å²) in [7, 11) is 0. The van der Waals surface area contributed by atoms with Gasteiger partial charge in [0.25, 0.3) is 0 Å². The molecule has 0 spiro atoms. The number of unbranched alkanes of at least 4 members (excludes halogenated alkanes) is 1. The highest BCUT2D eigenvalue weighted by atomic mass is 16.5. The molecule has 18 heavy (non-hydrogen) atoms. The molecule has 1 heterocycles. The van der Waals surface area contributed by atoms with E-state index in [1.54, 1.807) is 0 Å². The lowest BCUT2D eigenvalue weighted by Gasteiger charge is -2.33. The molecule has 0 radical (unpaired) electrons. The second-order valence-electron chi connectivity index (χ2n) is 4.18. The molecule has 1 rings (SSSR count). The summed E-state index contributed by atoms with van der Waals surface area (Å²) in [6.45, 7) is 0.881. The van der Waals surface area contributed by atoms with Crippen molar-refractivity contribution in [2.75, 3.05) is 19.8 Å². The zero-order valence-electron chi connectivity index (χ0n) is 10.1. The summed E-state index contributed by atoms with van der Waals surface area (Å²) < 4.78 is 5.11. The van der Waals surface area contributed by atoms with Gasteiger partial charge in [-0.05, 0) is 12.8 Å². The predicted molar refractivity (Wildman–Crippen MR) is 61.6 cm³/mol. The van der Waals surface area contributed by atoms with E-state index >= 15 is 0 Å². The van der Waals surface area contributed by atoms with Gasteiger partial charge in [0.15, 0.2) is 0 Å². The Bertz CT molecular complexity index is 331. The first-order chi connectivity index (χ1) is 8.52. The van der Waals surface area contributed by atoms with Gasteiger partial charge >= 0.3 is 5.97 Å². The zero-order chi connectivity index (χ0) is 13.5. The van der Waals surface area contributed by atoms with Crippen LogP contribution in [0.25, 0.3) is 0 Å². The van der Waals surface area contributed by atoms with Crippen LogP contribution < -0.4 is 5.73 Å². The molecule has 0 saturated carbocycles. The Labute approximate surface area is 105 Å². The lowest BCUT2D eigenvalue weighted by molar-refractivity contribution is -0.147. The third kappa shape index (κ3) is 4.33. The highest BCUT2D eigenvalue weighted by Crippen LogP contribution is 2.11. The SMILES string of the molecule is NC(=O)C1COCCN1C(=O)CCCCC(=O)O. The quantitative estimate of drug-likeness (QED) is 0.615. The number of amides is 2. The van der Waals surface area contributed by atoms with Crippen LogP contribution in [-0.2, 0) is 19.1 Å². The maximum absolute atomic E-state index is 11.9. The van der Waals surface area contributed by atoms with Crippen LogP contribution in [0, 0.1) is 0 Å². The monoisotopic (exact) mass is 258 g/mol. The third-order valence-corrected chi connectivity index (χ3v) is 2.81. The lowest BCUT2D eigenvalue weighted by Crippen LogP contribution is -2.54. The number of hydrogen-bond acceptors (Lipinski definition) is 4. The van der Waals surface area contributed by atoms with E-state index in [0.717, 1.165) is 0 Å². The van der Waals surface area contributed by atoms with E-state index in [9.17, 15) is 14.4 Å². The van der Waals surface area contributed by atoms with Gasteiger partial charge in [0.2, 0.25) is 11.8 Å². The number of hydrogen-bond donors (Lipinski definition) is 2. The molecule has 1 aliphatic heterocycles. The van der Waals surface area contributed by atoms with Gasteiger partial charge in [-0.1, -0.05) is 0 Å². The number of carboxylic acids is 1. The summed E-state index contributed by atoms with van der Waals surface area (Å²) in [6.07, 6.45) is 1.23. The van der Waals surface area contributed by atoms with Crippen molar-refractivity contribution in [1.82, 2.24) is 4.90 Å². The first-order valence-electron chi connectivity index (χ1n) is 5.90. The Balaban J connectivity index is 2.38. The van der Waals surface area contributed by atoms with E-state index in [-0.39, 0.29) is 25.4 Å². The van der Waals surface area contributed by atoms with Crippen LogP contribution in [0.1, 0.15) is 25.7 Å². The molecule has 102 valence electrons. The number of carbonyl (C=O) groups excluding carboxylic acids is 2. The molecule has 0 aromatic rings. The van der Waals surface area contributed by atoms with Crippen molar-refractivity contribution in [3.8, 4) is 0 Å². The number of carbonyl (C=O) groups is 3. The minimum absolute atomic E-state index is 0.0512. The van der Waals surface area contributed by atoms with Crippen LogP contribution in [0.15, 0.2) is 0 Å². The molecule has 1 aliphatic rings. The number of nitrogens with two attached hydrogens (primary N) is 1. The molecule has 0 aromatic heterocycles. The first-order valence-corrected chi connectivity index (χ1v) is 5.90. The molecule has 1 saturated heterocycles. The van der Waals surface area contributed by atoms with Crippen molar-refractivity contribution < 1.29 is 24.2 Å². The van der Waals surface area contributed by atoms with Crippen LogP contribution in [-0.4, -0.2) is 53.6 Å². The summed E-state index contributed by atoms with van der Waals surface area (Å²) in [6, 6.07) is -0.703. The van der Waals surface area contributed by atoms with E-state index in [1.165, 1.54) is 4.90 Å². The molecule has 0 aromatic carbocycles. The molecule has 0 bridgehead atoms. The fourth-order valence-corrected chi connectivity index (χ4v) is 1.83. The molecule has 7 heteroatoms. The lowest BCUT2D eigenvalue weighted by atomic mass is 10.1. The van der Waals surface area contributed by atoms with Crippen LogP contribution in [0.5, 0.6) is 0 Å². The number of ether oxygens (including phenoxy) is 1. The van der Waals surface area contributed by atoms with Crippen molar-refractivity contribution in [2.24, 2.45) is 5.73 Å². The van der Waals surface area contributed by atoms with Crippen molar-refractivity contribution in [3.63, 3.8) is 0 Å². The average Bonchev–Trinajstić information content (AvgIpc) is 2.34. The van der Waals surface area contributed by atoms with Gasteiger partial charge in [0.1, 0.15) is 6.04 Å². The first kappa shape index (κ1) is 14.4. The summed E-state index contributed by atoms with van der Waals surface area (Å²) in [4.78, 5) is 34.8. The molecule has 0 aliphatic carbocycles. The van der Waals surface area contributed by atoms with Gasteiger partial charge in [-0.15, -0.1) is 0 Å². The molecule has 2 amide bonds. The molecule has 3 N–H and O–H groups in total. The van der Waals surface area contributed by atoms with E-state index in [0.29, 0.717) is 26.0 Å². The summed E-state index contributed by atoms with van der Waals surface area (Å²) in [5.41, 5.74) is 5.20. The second-order valence-corrected chi connectivity index (χ2v) is 4.18. The van der Waals surface area contributed by atoms with Crippen molar-refractivity contribution in [3.05, 3.63) is 0 Å². The second kappa shape index (κ2) is 6.95. The normalized spacial score (nSPS) is 19.6. The molecular formula is C11H18N2O5. The number of nitrogens with zero attached hydrogens (tertiary/aromatic N) is 1. The summed E-state index contributed by atoms with van der Waals surface area (Å²) in [5.74, 6) is -1.62. The Morgan fingerprint density at radius 3 is 2.56 bits per heavy atom. The van der Waals surface area contributed by atoms with Gasteiger partial charge in [0.05, 0.1) is 13.2 Å². The van der Waals surface area contributed by atoms with E-state index < -0.39 is 17.9 Å². The van der Waals surface area contributed by atoms with Crippen LogP contribution >= 0.6 is 0 Å². The molecule has 1 unspecified atom stereocenters. The highest BCUT2D eigenvalue weighted by Gasteiger charge is 2.30. The van der Waals surface area contributed by atoms with E-state index in [2.05, 4.69) is 0 Å². The maximum Gasteiger partial charge on any atom is 0.303 e. The Morgan fingerprint density at radius 1 is 1.28 bits per heavy atom. The van der Waals surface area contributed by atoms with Crippen LogP contribution in [0.3, 0.4) is 0 Å². The average molecular weight is 258 g/mol. The fourth-order valence-electron chi connectivity index (χ4n) is 1.83. The van der Waals surface area contributed by atoms with Gasteiger partial charge in [0, 0.05) is 19.4 Å². The maximum atomic E-state index is 11.9. The zero-order valence-corrected chi connectivity index (χ0v) is 10.1. The third-order valence-electron chi connectivity index (χ3n) is 2.81. The number of morpholine rings is 1. The fraction of sp³-hybridized carbons (Fsp3) is 0.727. The van der Waals surface area contributed by atoms with Crippen LogP contribution in [0.2, 0.25) is 0 Å². The van der Waals surface area contributed by atoms with Crippen LogP contribution in [0.4, 0.5) is 0 Å². The van der Waals surface area contributed by atoms with Gasteiger partial charge in [-0.2, -0.15) is 0 Å².